The van der Waals surface area contributed by atoms with Gasteiger partial charge in [-0.1, -0.05) is 66.2 Å². The maximum atomic E-state index is 14.0. The maximum Gasteiger partial charge on any atom is 0.355 e. The summed E-state index contributed by atoms with van der Waals surface area (Å²) < 4.78 is 29.0. The van der Waals surface area contributed by atoms with E-state index in [0.29, 0.717) is 10.6 Å². The highest BCUT2D eigenvalue weighted by molar-refractivity contribution is 7.89. The third-order valence-corrected chi connectivity index (χ3v) is 9.61. The molecule has 11 heteroatoms. The fraction of sp³-hybridized carbons (Fsp3) is 0.148. The topological polar surface area (TPSA) is 125 Å². The van der Waals surface area contributed by atoms with Gasteiger partial charge in [-0.2, -0.15) is 4.31 Å². The van der Waals surface area contributed by atoms with Crippen molar-refractivity contribution >= 4 is 44.9 Å². The number of thiazole rings is 1. The average molecular weight is 569 g/mol. The van der Waals surface area contributed by atoms with Gasteiger partial charge in [0.1, 0.15) is 10.5 Å². The molecule has 5 rings (SSSR count). The van der Waals surface area contributed by atoms with Crippen LogP contribution >= 0.6 is 22.9 Å². The lowest BCUT2D eigenvalue weighted by molar-refractivity contribution is -0.143. The number of nitrogens with zero attached hydrogens (tertiary/aromatic N) is 2. The van der Waals surface area contributed by atoms with Crippen molar-refractivity contribution in [3.8, 4) is 11.1 Å². The van der Waals surface area contributed by atoms with Crippen LogP contribution in [0.25, 0.3) is 11.1 Å². The number of aromatic nitrogens is 1. The number of aromatic carboxylic acids is 1. The highest BCUT2D eigenvalue weighted by Gasteiger charge is 2.68. The van der Waals surface area contributed by atoms with Crippen LogP contribution in [0.2, 0.25) is 5.02 Å². The van der Waals surface area contributed by atoms with E-state index in [-0.39, 0.29) is 28.6 Å². The molecular formula is C27H21ClN2O6S2. The standard InChI is InChI=1S/C27H21ClN2O6S2/c28-20-10-6-17(7-11-20)18-8-12-21(13-9-18)38(35,36)30(15-24-29-23(16-37-24)25(31)32)27(26(33)34)14-22(27)19-4-2-1-3-5-19/h1-13,16,22H,14-15H2,(H,31,32)(H,33,34). The van der Waals surface area contributed by atoms with E-state index < -0.39 is 33.4 Å². The van der Waals surface area contributed by atoms with Crippen molar-refractivity contribution in [1.82, 2.24) is 9.29 Å². The first-order chi connectivity index (χ1) is 18.1. The van der Waals surface area contributed by atoms with Crippen LogP contribution in [0.3, 0.4) is 0 Å². The molecule has 0 spiro atoms. The van der Waals surface area contributed by atoms with E-state index in [1.54, 1.807) is 54.6 Å². The number of hydrogen-bond acceptors (Lipinski definition) is 6. The summed E-state index contributed by atoms with van der Waals surface area (Å²) in [4.78, 5) is 28.0. The van der Waals surface area contributed by atoms with Gasteiger partial charge in [0.25, 0.3) is 0 Å². The minimum Gasteiger partial charge on any atom is -0.480 e. The smallest absolute Gasteiger partial charge is 0.355 e. The molecule has 8 nitrogen and oxygen atoms in total. The van der Waals surface area contributed by atoms with Crippen molar-refractivity contribution in [2.24, 2.45) is 0 Å². The molecule has 1 aliphatic carbocycles. The molecule has 0 amide bonds. The van der Waals surface area contributed by atoms with Gasteiger partial charge in [0.15, 0.2) is 5.69 Å². The molecule has 1 aliphatic rings. The highest BCUT2D eigenvalue weighted by atomic mass is 35.5. The van der Waals surface area contributed by atoms with Crippen molar-refractivity contribution < 1.29 is 28.2 Å². The van der Waals surface area contributed by atoms with Gasteiger partial charge in [0, 0.05) is 16.3 Å². The monoisotopic (exact) mass is 568 g/mol. The first-order valence-electron chi connectivity index (χ1n) is 11.5. The van der Waals surface area contributed by atoms with Gasteiger partial charge >= 0.3 is 11.9 Å². The Morgan fingerprint density at radius 3 is 2.13 bits per heavy atom. The third-order valence-electron chi connectivity index (χ3n) is 6.62. The van der Waals surface area contributed by atoms with E-state index in [1.807, 2.05) is 12.1 Å². The number of benzene rings is 3. The fourth-order valence-corrected chi connectivity index (χ4v) is 7.28. The molecule has 2 atom stereocenters. The molecule has 0 radical (unpaired) electrons. The highest BCUT2D eigenvalue weighted by Crippen LogP contribution is 2.57. The molecule has 3 aromatic carbocycles. The molecule has 4 aromatic rings. The molecule has 194 valence electrons. The minimum atomic E-state index is -4.35. The van der Waals surface area contributed by atoms with Gasteiger partial charge in [-0.25, -0.2) is 18.2 Å². The second-order valence-electron chi connectivity index (χ2n) is 8.87. The lowest BCUT2D eigenvalue weighted by Gasteiger charge is -2.29. The number of sulfonamides is 1. The van der Waals surface area contributed by atoms with Gasteiger partial charge in [-0.15, -0.1) is 11.3 Å². The summed E-state index contributed by atoms with van der Waals surface area (Å²) >= 11 is 6.93. The van der Waals surface area contributed by atoms with Gasteiger partial charge in [-0.05, 0) is 47.4 Å². The molecule has 1 fully saturated rings. The molecule has 1 saturated carbocycles. The SMILES string of the molecule is O=C(O)c1csc(CN(C2(C(=O)O)CC2c2ccccc2)S(=O)(=O)c2ccc(-c3ccc(Cl)cc3)cc2)n1. The lowest BCUT2D eigenvalue weighted by atomic mass is 10.1. The van der Waals surface area contributed by atoms with Gasteiger partial charge in [0.2, 0.25) is 10.0 Å². The number of hydrogen-bond donors (Lipinski definition) is 2. The Labute approximate surface area is 227 Å². The zero-order valence-electron chi connectivity index (χ0n) is 19.7. The Balaban J connectivity index is 1.56. The van der Waals surface area contributed by atoms with Crippen LogP contribution in [-0.4, -0.2) is 45.4 Å². The molecular weight excluding hydrogens is 548 g/mol. The van der Waals surface area contributed by atoms with E-state index in [4.69, 9.17) is 11.6 Å². The quantitative estimate of drug-likeness (QED) is 0.278. The van der Waals surface area contributed by atoms with E-state index >= 15 is 0 Å². The number of rotatable bonds is 9. The summed E-state index contributed by atoms with van der Waals surface area (Å²) in [6.45, 7) is -0.380. The van der Waals surface area contributed by atoms with Gasteiger partial charge < -0.3 is 10.2 Å². The summed E-state index contributed by atoms with van der Waals surface area (Å²) in [5.41, 5.74) is 0.338. The minimum absolute atomic E-state index is 0.0750. The van der Waals surface area contributed by atoms with Crippen molar-refractivity contribution in [1.29, 1.82) is 0 Å². The molecule has 1 heterocycles. The van der Waals surface area contributed by atoms with Gasteiger partial charge in [0.05, 0.1) is 11.4 Å². The Morgan fingerprint density at radius 2 is 1.58 bits per heavy atom. The predicted octanol–water partition coefficient (Wildman–Crippen LogP) is 5.36. The summed E-state index contributed by atoms with van der Waals surface area (Å²) in [5.74, 6) is -3.10. The van der Waals surface area contributed by atoms with E-state index in [2.05, 4.69) is 4.98 Å². The zero-order chi connectivity index (χ0) is 27.1. The van der Waals surface area contributed by atoms with Gasteiger partial charge in [-0.3, -0.25) is 4.79 Å². The normalized spacial score (nSPS) is 18.8. The molecule has 1 aromatic heterocycles. The summed E-state index contributed by atoms with van der Waals surface area (Å²) in [7, 11) is -4.35. The average Bonchev–Trinajstić information content (AvgIpc) is 3.49. The summed E-state index contributed by atoms with van der Waals surface area (Å²) in [6, 6.07) is 22.1. The molecule has 0 saturated heterocycles. The maximum absolute atomic E-state index is 14.0. The Kier molecular flexibility index (Phi) is 6.83. The Morgan fingerprint density at radius 1 is 0.974 bits per heavy atom. The Hall–Kier alpha value is -3.57. The van der Waals surface area contributed by atoms with Crippen LogP contribution in [0.4, 0.5) is 0 Å². The number of halogens is 1. The first-order valence-corrected chi connectivity index (χ1v) is 14.2. The first kappa shape index (κ1) is 26.1. The molecule has 0 bridgehead atoms. The van der Waals surface area contributed by atoms with Crippen LogP contribution in [0.15, 0.2) is 89.1 Å². The summed E-state index contributed by atoms with van der Waals surface area (Å²) in [6.07, 6.45) is 0.0750. The number of carbonyl (C=O) groups is 2. The van der Waals surface area contributed by atoms with Crippen molar-refractivity contribution in [2.75, 3.05) is 0 Å². The number of carboxylic acid groups (broad SMARTS) is 2. The van der Waals surface area contributed by atoms with E-state index in [0.717, 1.165) is 26.8 Å². The van der Waals surface area contributed by atoms with Crippen molar-refractivity contribution in [3.63, 3.8) is 0 Å². The van der Waals surface area contributed by atoms with Crippen LogP contribution < -0.4 is 0 Å². The second-order valence-corrected chi connectivity index (χ2v) is 12.1. The van der Waals surface area contributed by atoms with E-state index in [1.165, 1.54) is 17.5 Å². The second kappa shape index (κ2) is 9.95. The fourth-order valence-electron chi connectivity index (χ4n) is 4.58. The molecule has 2 unspecified atom stereocenters. The molecule has 2 N–H and O–H groups in total. The zero-order valence-corrected chi connectivity index (χ0v) is 22.1. The van der Waals surface area contributed by atoms with Crippen LogP contribution in [0.1, 0.15) is 33.4 Å². The van der Waals surface area contributed by atoms with Crippen LogP contribution in [0.5, 0.6) is 0 Å². The largest absolute Gasteiger partial charge is 0.480 e. The number of aliphatic carboxylic acids is 1. The van der Waals surface area contributed by atoms with Crippen LogP contribution in [-0.2, 0) is 21.4 Å². The van der Waals surface area contributed by atoms with E-state index in [9.17, 15) is 28.2 Å². The number of carboxylic acids is 2. The molecule has 38 heavy (non-hydrogen) atoms. The molecule has 0 aliphatic heterocycles. The predicted molar refractivity (Wildman–Crippen MR) is 143 cm³/mol. The lowest BCUT2D eigenvalue weighted by Crippen LogP contribution is -2.48. The van der Waals surface area contributed by atoms with Crippen molar-refractivity contribution in [3.05, 3.63) is 106 Å². The third kappa shape index (κ3) is 4.71. The summed E-state index contributed by atoms with van der Waals surface area (Å²) in [5, 5.41) is 21.7. The van der Waals surface area contributed by atoms with Crippen molar-refractivity contribution in [2.45, 2.75) is 29.3 Å². The van der Waals surface area contributed by atoms with Crippen LogP contribution in [0, 0.1) is 0 Å². The Bertz CT molecular complexity index is 1610.